The molecule has 1 fully saturated rings. The van der Waals surface area contributed by atoms with Gasteiger partial charge in [0.2, 0.25) is 5.88 Å². The van der Waals surface area contributed by atoms with Gasteiger partial charge in [-0.1, -0.05) is 19.9 Å². The monoisotopic (exact) mass is 249 g/mol. The third kappa shape index (κ3) is 3.43. The Kier molecular flexibility index (Phi) is 4.55. The van der Waals surface area contributed by atoms with E-state index in [-0.39, 0.29) is 0 Å². The average Bonchev–Trinajstić information content (AvgIpc) is 2.39. The number of pyridine rings is 1. The van der Waals surface area contributed by atoms with Gasteiger partial charge in [-0.05, 0) is 12.0 Å². The van der Waals surface area contributed by atoms with Crippen molar-refractivity contribution in [3.8, 4) is 5.88 Å². The zero-order valence-electron chi connectivity index (χ0n) is 11.5. The lowest BCUT2D eigenvalue weighted by molar-refractivity contribution is 0.166. The minimum Gasteiger partial charge on any atom is -0.481 e. The summed E-state index contributed by atoms with van der Waals surface area (Å²) in [7, 11) is 1.66. The molecule has 1 aliphatic rings. The Hall–Kier alpha value is -1.13. The van der Waals surface area contributed by atoms with Crippen molar-refractivity contribution < 1.29 is 4.74 Å². The molecule has 2 rings (SSSR count). The molecule has 1 saturated heterocycles. The van der Waals surface area contributed by atoms with Gasteiger partial charge in [-0.3, -0.25) is 4.90 Å². The summed E-state index contributed by atoms with van der Waals surface area (Å²) >= 11 is 0. The predicted molar refractivity (Wildman–Crippen MR) is 72.7 cm³/mol. The van der Waals surface area contributed by atoms with E-state index >= 15 is 0 Å². The lowest BCUT2D eigenvalue weighted by atomic mass is 10.0. The fraction of sp³-hybridized carbons (Fsp3) is 0.643. The van der Waals surface area contributed by atoms with Crippen LogP contribution in [0.25, 0.3) is 0 Å². The molecule has 0 aromatic carbocycles. The van der Waals surface area contributed by atoms with E-state index in [9.17, 15) is 0 Å². The third-order valence-corrected chi connectivity index (χ3v) is 3.47. The molecule has 4 heteroatoms. The SMILES string of the molecule is COc1cccc(CN2CCNC(C(C)C)C2)n1. The predicted octanol–water partition coefficient (Wildman–Crippen LogP) is 1.52. The number of hydrogen-bond donors (Lipinski definition) is 1. The lowest BCUT2D eigenvalue weighted by Gasteiger charge is -2.35. The normalized spacial score (nSPS) is 21.2. The number of rotatable bonds is 4. The van der Waals surface area contributed by atoms with E-state index in [1.54, 1.807) is 7.11 Å². The minimum absolute atomic E-state index is 0.587. The van der Waals surface area contributed by atoms with Crippen molar-refractivity contribution >= 4 is 0 Å². The number of nitrogens with zero attached hydrogens (tertiary/aromatic N) is 2. The van der Waals surface area contributed by atoms with Gasteiger partial charge >= 0.3 is 0 Å². The Morgan fingerprint density at radius 1 is 1.50 bits per heavy atom. The molecule has 18 heavy (non-hydrogen) atoms. The van der Waals surface area contributed by atoms with Crippen molar-refractivity contribution in [2.24, 2.45) is 5.92 Å². The first-order chi connectivity index (χ1) is 8.69. The Bertz CT molecular complexity index is 381. The van der Waals surface area contributed by atoms with Crippen LogP contribution in [0.2, 0.25) is 0 Å². The van der Waals surface area contributed by atoms with E-state index < -0.39 is 0 Å². The van der Waals surface area contributed by atoms with Gasteiger partial charge < -0.3 is 10.1 Å². The van der Waals surface area contributed by atoms with Crippen LogP contribution in [0.1, 0.15) is 19.5 Å². The molecule has 1 aliphatic heterocycles. The topological polar surface area (TPSA) is 37.4 Å². The highest BCUT2D eigenvalue weighted by Gasteiger charge is 2.21. The number of aromatic nitrogens is 1. The number of ether oxygens (including phenoxy) is 1. The first-order valence-electron chi connectivity index (χ1n) is 6.64. The van der Waals surface area contributed by atoms with E-state index in [1.807, 2.05) is 12.1 Å². The largest absolute Gasteiger partial charge is 0.481 e. The highest BCUT2D eigenvalue weighted by molar-refractivity contribution is 5.15. The van der Waals surface area contributed by atoms with Crippen molar-refractivity contribution in [2.45, 2.75) is 26.4 Å². The van der Waals surface area contributed by atoms with Crippen LogP contribution in [0.15, 0.2) is 18.2 Å². The van der Waals surface area contributed by atoms with Gasteiger partial charge in [-0.25, -0.2) is 4.98 Å². The fourth-order valence-electron chi connectivity index (χ4n) is 2.32. The van der Waals surface area contributed by atoms with Crippen molar-refractivity contribution in [3.63, 3.8) is 0 Å². The van der Waals surface area contributed by atoms with E-state index in [0.29, 0.717) is 17.8 Å². The molecule has 0 radical (unpaired) electrons. The zero-order valence-corrected chi connectivity index (χ0v) is 11.5. The molecule has 100 valence electrons. The second-order valence-corrected chi connectivity index (χ2v) is 5.21. The summed E-state index contributed by atoms with van der Waals surface area (Å²) in [4.78, 5) is 6.93. The van der Waals surface area contributed by atoms with Gasteiger partial charge in [0.1, 0.15) is 0 Å². The number of methoxy groups -OCH3 is 1. The molecular weight excluding hydrogens is 226 g/mol. The molecule has 4 nitrogen and oxygen atoms in total. The lowest BCUT2D eigenvalue weighted by Crippen LogP contribution is -2.52. The van der Waals surface area contributed by atoms with Gasteiger partial charge in [0.15, 0.2) is 0 Å². The standard InChI is InChI=1S/C14H23N3O/c1-11(2)13-10-17(8-7-15-13)9-12-5-4-6-14(16-12)18-3/h4-6,11,13,15H,7-10H2,1-3H3. The maximum Gasteiger partial charge on any atom is 0.213 e. The maximum absolute atomic E-state index is 5.16. The van der Waals surface area contributed by atoms with E-state index in [0.717, 1.165) is 31.9 Å². The fourth-order valence-corrected chi connectivity index (χ4v) is 2.32. The van der Waals surface area contributed by atoms with Crippen molar-refractivity contribution in [1.29, 1.82) is 0 Å². The Labute approximate surface area is 109 Å². The van der Waals surface area contributed by atoms with Gasteiger partial charge in [0.05, 0.1) is 12.8 Å². The summed E-state index contributed by atoms with van der Waals surface area (Å²) in [5.74, 6) is 1.37. The highest BCUT2D eigenvalue weighted by Crippen LogP contribution is 2.13. The average molecular weight is 249 g/mol. The summed E-state index contributed by atoms with van der Waals surface area (Å²) in [6.45, 7) is 8.68. The second kappa shape index (κ2) is 6.16. The molecule has 0 amide bonds. The summed E-state index contributed by atoms with van der Waals surface area (Å²) in [5, 5.41) is 3.57. The molecule has 1 aromatic rings. The van der Waals surface area contributed by atoms with Crippen LogP contribution in [0, 0.1) is 5.92 Å². The first kappa shape index (κ1) is 13.3. The van der Waals surface area contributed by atoms with Gasteiger partial charge in [-0.15, -0.1) is 0 Å². The zero-order chi connectivity index (χ0) is 13.0. The van der Waals surface area contributed by atoms with E-state index in [1.165, 1.54) is 0 Å². The molecule has 0 saturated carbocycles. The van der Waals surface area contributed by atoms with Crippen molar-refractivity contribution in [3.05, 3.63) is 23.9 Å². The Balaban J connectivity index is 1.95. The summed E-state index contributed by atoms with van der Waals surface area (Å²) in [6, 6.07) is 6.54. The van der Waals surface area contributed by atoms with Crippen LogP contribution in [-0.2, 0) is 6.54 Å². The van der Waals surface area contributed by atoms with Crippen LogP contribution in [-0.4, -0.2) is 42.7 Å². The molecule has 1 unspecified atom stereocenters. The Morgan fingerprint density at radius 3 is 3.06 bits per heavy atom. The van der Waals surface area contributed by atoms with Crippen LogP contribution < -0.4 is 10.1 Å². The van der Waals surface area contributed by atoms with E-state index in [2.05, 4.69) is 35.1 Å². The molecule has 0 bridgehead atoms. The maximum atomic E-state index is 5.16. The molecule has 0 spiro atoms. The van der Waals surface area contributed by atoms with Crippen LogP contribution >= 0.6 is 0 Å². The first-order valence-corrected chi connectivity index (χ1v) is 6.64. The van der Waals surface area contributed by atoms with Gasteiger partial charge in [0.25, 0.3) is 0 Å². The molecular formula is C14H23N3O. The molecule has 1 N–H and O–H groups in total. The Morgan fingerprint density at radius 2 is 2.33 bits per heavy atom. The van der Waals surface area contributed by atoms with Crippen molar-refractivity contribution in [1.82, 2.24) is 15.2 Å². The van der Waals surface area contributed by atoms with Crippen LogP contribution in [0.3, 0.4) is 0 Å². The number of hydrogen-bond acceptors (Lipinski definition) is 4. The summed E-state index contributed by atoms with van der Waals surface area (Å²) in [6.07, 6.45) is 0. The molecule has 1 atom stereocenters. The molecule has 2 heterocycles. The number of nitrogens with one attached hydrogen (secondary N) is 1. The second-order valence-electron chi connectivity index (χ2n) is 5.21. The highest BCUT2D eigenvalue weighted by atomic mass is 16.5. The third-order valence-electron chi connectivity index (χ3n) is 3.47. The van der Waals surface area contributed by atoms with Crippen LogP contribution in [0.4, 0.5) is 0 Å². The molecule has 0 aliphatic carbocycles. The quantitative estimate of drug-likeness (QED) is 0.878. The van der Waals surface area contributed by atoms with Crippen molar-refractivity contribution in [2.75, 3.05) is 26.7 Å². The van der Waals surface area contributed by atoms with Gasteiger partial charge in [0, 0.05) is 38.3 Å². The minimum atomic E-state index is 0.587. The van der Waals surface area contributed by atoms with Crippen LogP contribution in [0.5, 0.6) is 5.88 Å². The summed E-state index contributed by atoms with van der Waals surface area (Å²) in [5.41, 5.74) is 1.08. The summed E-state index contributed by atoms with van der Waals surface area (Å²) < 4.78 is 5.16. The van der Waals surface area contributed by atoms with Gasteiger partial charge in [-0.2, -0.15) is 0 Å². The number of piperazine rings is 1. The van der Waals surface area contributed by atoms with E-state index in [4.69, 9.17) is 4.74 Å². The molecule has 1 aromatic heterocycles. The smallest absolute Gasteiger partial charge is 0.213 e.